The zero-order chi connectivity index (χ0) is 17.0. The smallest absolute Gasteiger partial charge is 0.252 e. The van der Waals surface area contributed by atoms with E-state index in [4.69, 9.17) is 0 Å². The second kappa shape index (κ2) is 7.20. The second-order valence-electron chi connectivity index (χ2n) is 5.03. The molecule has 1 aromatic carbocycles. The summed E-state index contributed by atoms with van der Waals surface area (Å²) in [6.45, 7) is 1.46. The van der Waals surface area contributed by atoms with Crippen LogP contribution in [0.5, 0.6) is 0 Å². The van der Waals surface area contributed by atoms with Crippen molar-refractivity contribution >= 4 is 27.3 Å². The van der Waals surface area contributed by atoms with Crippen LogP contribution in [0.25, 0.3) is 0 Å². The van der Waals surface area contributed by atoms with E-state index in [9.17, 15) is 17.6 Å². The first-order valence-electron chi connectivity index (χ1n) is 6.85. The number of hydrogen-bond acceptors (Lipinski definition) is 4. The molecular weight excluding hydrogens is 339 g/mol. The number of carbonyl (C=O) groups is 1. The Balaban J connectivity index is 1.98. The Kier molecular flexibility index (Phi) is 5.51. The molecule has 0 spiro atoms. The fraction of sp³-hybridized carbons (Fsp3) is 0.267. The maximum Gasteiger partial charge on any atom is 0.252 e. The molecule has 1 amide bonds. The number of likely N-dealkylation sites (N-methyl/N-ethyl adjacent to an activating group) is 1. The van der Waals surface area contributed by atoms with Crippen molar-refractivity contribution < 1.29 is 17.6 Å². The van der Waals surface area contributed by atoms with Gasteiger partial charge < -0.3 is 5.32 Å². The fourth-order valence-electron chi connectivity index (χ4n) is 1.97. The number of nitrogens with zero attached hydrogens (tertiary/aromatic N) is 1. The van der Waals surface area contributed by atoms with Crippen molar-refractivity contribution in [2.45, 2.75) is 17.2 Å². The number of carbonyl (C=O) groups excluding carboxylic acids is 1. The van der Waals surface area contributed by atoms with E-state index in [2.05, 4.69) is 5.32 Å². The zero-order valence-electron chi connectivity index (χ0n) is 12.7. The van der Waals surface area contributed by atoms with Crippen molar-refractivity contribution in [1.82, 2.24) is 9.62 Å². The Morgan fingerprint density at radius 1 is 1.30 bits per heavy atom. The molecule has 1 unspecified atom stereocenters. The van der Waals surface area contributed by atoms with E-state index >= 15 is 0 Å². The molecule has 0 bridgehead atoms. The lowest BCUT2D eigenvalue weighted by atomic mass is 10.1. The Bertz CT molecular complexity index is 759. The summed E-state index contributed by atoms with van der Waals surface area (Å²) in [4.78, 5) is 12.0. The van der Waals surface area contributed by atoms with Gasteiger partial charge in [-0.05, 0) is 36.1 Å². The number of thiophene rings is 1. The van der Waals surface area contributed by atoms with Gasteiger partial charge in [-0.3, -0.25) is 4.79 Å². The maximum atomic E-state index is 12.9. The first-order valence-corrected chi connectivity index (χ1v) is 9.17. The number of halogens is 1. The highest BCUT2D eigenvalue weighted by Crippen LogP contribution is 2.19. The molecule has 1 N–H and O–H groups in total. The second-order valence-corrected chi connectivity index (χ2v) is 8.25. The molecule has 2 aromatic rings. The van der Waals surface area contributed by atoms with Crippen molar-refractivity contribution in [3.63, 3.8) is 0 Å². The van der Waals surface area contributed by atoms with E-state index in [-0.39, 0.29) is 22.6 Å². The first-order chi connectivity index (χ1) is 10.8. The van der Waals surface area contributed by atoms with Gasteiger partial charge in [0.25, 0.3) is 10.0 Å². The lowest BCUT2D eigenvalue weighted by Gasteiger charge is -2.18. The maximum absolute atomic E-state index is 12.9. The number of nitrogens with one attached hydrogen (secondary N) is 1. The van der Waals surface area contributed by atoms with Gasteiger partial charge in [-0.2, -0.15) is 4.31 Å². The molecule has 0 saturated carbocycles. The van der Waals surface area contributed by atoms with Crippen molar-refractivity contribution in [3.05, 3.63) is 53.2 Å². The van der Waals surface area contributed by atoms with Crippen LogP contribution in [0.1, 0.15) is 18.5 Å². The quantitative estimate of drug-likeness (QED) is 0.864. The van der Waals surface area contributed by atoms with Crippen molar-refractivity contribution in [3.8, 4) is 0 Å². The number of sulfonamides is 1. The molecule has 0 aliphatic rings. The van der Waals surface area contributed by atoms with E-state index in [0.29, 0.717) is 0 Å². The summed E-state index contributed by atoms with van der Waals surface area (Å²) in [5, 5.41) is 4.36. The van der Waals surface area contributed by atoms with Gasteiger partial charge in [0, 0.05) is 7.05 Å². The molecule has 5 nitrogen and oxygen atoms in total. The van der Waals surface area contributed by atoms with Gasteiger partial charge in [-0.15, -0.1) is 11.3 Å². The zero-order valence-corrected chi connectivity index (χ0v) is 14.3. The average Bonchev–Trinajstić information content (AvgIpc) is 3.02. The fourth-order valence-corrected chi connectivity index (χ4v) is 4.30. The van der Waals surface area contributed by atoms with Crippen LogP contribution in [-0.4, -0.2) is 32.2 Å². The monoisotopic (exact) mass is 356 g/mol. The number of amides is 1. The average molecular weight is 356 g/mol. The number of hydrogen-bond donors (Lipinski definition) is 1. The van der Waals surface area contributed by atoms with Crippen LogP contribution in [0.4, 0.5) is 4.39 Å². The highest BCUT2D eigenvalue weighted by molar-refractivity contribution is 7.91. The first kappa shape index (κ1) is 17.6. The van der Waals surface area contributed by atoms with Crippen LogP contribution in [0, 0.1) is 5.82 Å². The van der Waals surface area contributed by atoms with Gasteiger partial charge in [0.1, 0.15) is 10.0 Å². The molecule has 8 heteroatoms. The highest BCUT2D eigenvalue weighted by Gasteiger charge is 2.24. The molecular formula is C15H17FN2O3S2. The van der Waals surface area contributed by atoms with E-state index in [0.717, 1.165) is 21.2 Å². The van der Waals surface area contributed by atoms with Crippen LogP contribution in [0.2, 0.25) is 0 Å². The van der Waals surface area contributed by atoms with Gasteiger partial charge in [-0.25, -0.2) is 12.8 Å². The van der Waals surface area contributed by atoms with Gasteiger partial charge in [0.2, 0.25) is 5.91 Å². The molecule has 0 aliphatic heterocycles. The summed E-state index contributed by atoms with van der Waals surface area (Å²) in [7, 11) is -2.30. The van der Waals surface area contributed by atoms with Crippen LogP contribution in [-0.2, 0) is 14.8 Å². The topological polar surface area (TPSA) is 66.5 Å². The van der Waals surface area contributed by atoms with E-state index in [1.807, 2.05) is 0 Å². The van der Waals surface area contributed by atoms with E-state index in [1.165, 1.54) is 25.2 Å². The Hall–Kier alpha value is -1.77. The predicted molar refractivity (Wildman–Crippen MR) is 87.1 cm³/mol. The SMILES string of the molecule is CC(NC(=O)CN(C)S(=O)(=O)c1cccs1)c1ccc(F)cc1. The molecule has 0 aliphatic carbocycles. The van der Waals surface area contributed by atoms with Gasteiger partial charge in [-0.1, -0.05) is 18.2 Å². The summed E-state index contributed by atoms with van der Waals surface area (Å²) in [5.41, 5.74) is 0.739. The standard InChI is InChI=1S/C15H17FN2O3S2/c1-11(12-5-7-13(16)8-6-12)17-14(19)10-18(2)23(20,21)15-4-3-9-22-15/h3-9,11H,10H2,1-2H3,(H,17,19). The summed E-state index contributed by atoms with van der Waals surface area (Å²) < 4.78 is 38.6. The van der Waals surface area contributed by atoms with Crippen LogP contribution >= 0.6 is 11.3 Å². The minimum Gasteiger partial charge on any atom is -0.348 e. The van der Waals surface area contributed by atoms with E-state index in [1.54, 1.807) is 30.5 Å². The molecule has 1 aromatic heterocycles. The van der Waals surface area contributed by atoms with Crippen LogP contribution in [0.3, 0.4) is 0 Å². The minimum atomic E-state index is -3.66. The minimum absolute atomic E-state index is 0.194. The molecule has 1 atom stereocenters. The highest BCUT2D eigenvalue weighted by atomic mass is 32.2. The van der Waals surface area contributed by atoms with Crippen molar-refractivity contribution in [1.29, 1.82) is 0 Å². The third-order valence-corrected chi connectivity index (χ3v) is 6.45. The molecule has 1 heterocycles. The van der Waals surface area contributed by atoms with Gasteiger partial charge in [0.05, 0.1) is 12.6 Å². The van der Waals surface area contributed by atoms with Crippen molar-refractivity contribution in [2.75, 3.05) is 13.6 Å². The number of benzene rings is 1. The lowest BCUT2D eigenvalue weighted by molar-refractivity contribution is -0.121. The Morgan fingerprint density at radius 2 is 1.96 bits per heavy atom. The van der Waals surface area contributed by atoms with Crippen LogP contribution < -0.4 is 5.32 Å². The lowest BCUT2D eigenvalue weighted by Crippen LogP contribution is -2.39. The molecule has 0 saturated heterocycles. The summed E-state index contributed by atoms with van der Waals surface area (Å²) >= 11 is 1.10. The Labute approximate surface area is 138 Å². The normalized spacial score (nSPS) is 13.0. The van der Waals surface area contributed by atoms with E-state index < -0.39 is 15.9 Å². The molecule has 2 rings (SSSR count). The predicted octanol–water partition coefficient (Wildman–Crippen LogP) is 2.39. The van der Waals surface area contributed by atoms with Gasteiger partial charge >= 0.3 is 0 Å². The van der Waals surface area contributed by atoms with Gasteiger partial charge in [0.15, 0.2) is 0 Å². The largest absolute Gasteiger partial charge is 0.348 e. The third kappa shape index (κ3) is 4.37. The Morgan fingerprint density at radius 3 is 2.52 bits per heavy atom. The number of rotatable bonds is 6. The third-order valence-electron chi connectivity index (χ3n) is 3.27. The summed E-state index contributed by atoms with van der Waals surface area (Å²) in [5.74, 6) is -0.779. The molecule has 0 fully saturated rings. The molecule has 23 heavy (non-hydrogen) atoms. The van der Waals surface area contributed by atoms with Crippen LogP contribution in [0.15, 0.2) is 46.0 Å². The summed E-state index contributed by atoms with van der Waals surface area (Å²) in [6.07, 6.45) is 0. The molecule has 0 radical (unpaired) electrons. The molecule has 124 valence electrons. The summed E-state index contributed by atoms with van der Waals surface area (Å²) in [6, 6.07) is 8.56. The van der Waals surface area contributed by atoms with Crippen molar-refractivity contribution in [2.24, 2.45) is 0 Å².